The fourth-order valence-corrected chi connectivity index (χ4v) is 7.83. The van der Waals surface area contributed by atoms with Crippen molar-refractivity contribution in [3.63, 3.8) is 0 Å². The number of fused-ring (bicyclic) bond motifs is 5. The Bertz CT molecular complexity index is 545. The highest BCUT2D eigenvalue weighted by atomic mass is 16.3. The molecule has 0 amide bonds. The largest absolute Gasteiger partial charge is 0.393 e. The summed E-state index contributed by atoms with van der Waals surface area (Å²) in [6, 6.07) is 0. The van der Waals surface area contributed by atoms with Crippen LogP contribution in [0.4, 0.5) is 0 Å². The van der Waals surface area contributed by atoms with Crippen LogP contribution in [0.5, 0.6) is 0 Å². The number of aliphatic hydroxyl groups is 2. The lowest BCUT2D eigenvalue weighted by Gasteiger charge is -2.61. The summed E-state index contributed by atoms with van der Waals surface area (Å²) in [5.74, 6) is 2.52. The summed E-state index contributed by atoms with van der Waals surface area (Å²) in [5.41, 5.74) is -0.957. The highest BCUT2D eigenvalue weighted by Crippen LogP contribution is 2.68. The number of Topliss-reactive ketones (excluding diaryl/α,β-unsaturated/α-hetero) is 1. The van der Waals surface area contributed by atoms with Crippen molar-refractivity contribution < 1.29 is 15.0 Å². The van der Waals surface area contributed by atoms with Crippen LogP contribution in [0.25, 0.3) is 0 Å². The zero-order valence-corrected chi connectivity index (χ0v) is 15.6. The van der Waals surface area contributed by atoms with Gasteiger partial charge in [-0.2, -0.15) is 0 Å². The van der Waals surface area contributed by atoms with Crippen LogP contribution in [0.2, 0.25) is 0 Å². The summed E-state index contributed by atoms with van der Waals surface area (Å²) in [5, 5.41) is 21.3. The molecule has 3 nitrogen and oxygen atoms in total. The first-order valence-electron chi connectivity index (χ1n) is 10.1. The van der Waals surface area contributed by atoms with Gasteiger partial charge in [-0.1, -0.05) is 13.8 Å². The van der Waals surface area contributed by atoms with Gasteiger partial charge in [-0.25, -0.2) is 0 Å². The summed E-state index contributed by atoms with van der Waals surface area (Å²) in [4.78, 5) is 12.2. The molecule has 2 N–H and O–H groups in total. The number of ketones is 1. The zero-order valence-electron chi connectivity index (χ0n) is 15.6. The van der Waals surface area contributed by atoms with Crippen LogP contribution >= 0.6 is 0 Å². The normalized spacial score (nSPS) is 57.0. The Hall–Kier alpha value is -0.410. The van der Waals surface area contributed by atoms with Gasteiger partial charge in [0.2, 0.25) is 0 Å². The van der Waals surface area contributed by atoms with E-state index in [1.807, 2.05) is 0 Å². The molecule has 0 aromatic rings. The fourth-order valence-electron chi connectivity index (χ4n) is 7.83. The lowest BCUT2D eigenvalue weighted by atomic mass is 9.44. The molecular formula is C21H34O3. The Balaban J connectivity index is 1.65. The maximum Gasteiger partial charge on any atom is 0.161 e. The maximum atomic E-state index is 12.2. The lowest BCUT2D eigenvalue weighted by molar-refractivity contribution is -0.170. The number of carbonyl (C=O) groups is 1. The van der Waals surface area contributed by atoms with Gasteiger partial charge in [-0.15, -0.1) is 0 Å². The summed E-state index contributed by atoms with van der Waals surface area (Å²) in [7, 11) is 0. The molecule has 0 spiro atoms. The predicted molar refractivity (Wildman–Crippen MR) is 93.4 cm³/mol. The van der Waals surface area contributed by atoms with E-state index in [0.29, 0.717) is 29.6 Å². The SMILES string of the molecule is CC(=O)[C@@]1(O)CCC2C3CCC4C[C@@H](O)CC[C@]4(C)C3CC[C@@]21C. The molecule has 0 aliphatic heterocycles. The monoisotopic (exact) mass is 334 g/mol. The van der Waals surface area contributed by atoms with Crippen LogP contribution in [-0.4, -0.2) is 27.7 Å². The molecule has 0 bridgehead atoms. The average molecular weight is 335 g/mol. The van der Waals surface area contributed by atoms with Crippen LogP contribution in [0.1, 0.15) is 78.6 Å². The van der Waals surface area contributed by atoms with Crippen molar-refractivity contribution in [2.75, 3.05) is 0 Å². The molecular weight excluding hydrogens is 300 g/mol. The molecule has 8 atom stereocenters. The van der Waals surface area contributed by atoms with Gasteiger partial charge >= 0.3 is 0 Å². The van der Waals surface area contributed by atoms with Gasteiger partial charge in [0.15, 0.2) is 5.78 Å². The van der Waals surface area contributed by atoms with Crippen LogP contribution in [0, 0.1) is 34.5 Å². The molecule has 0 heterocycles. The number of aliphatic hydroxyl groups excluding tert-OH is 1. The molecule has 4 unspecified atom stereocenters. The van der Waals surface area contributed by atoms with Crippen molar-refractivity contribution in [1.29, 1.82) is 0 Å². The molecule has 0 aromatic carbocycles. The highest BCUT2D eigenvalue weighted by Gasteiger charge is 2.65. The van der Waals surface area contributed by atoms with E-state index >= 15 is 0 Å². The molecule has 4 rings (SSSR count). The van der Waals surface area contributed by atoms with Gasteiger partial charge in [-0.05, 0) is 93.8 Å². The molecule has 4 saturated carbocycles. The predicted octanol–water partition coefficient (Wildman–Crippen LogP) is 3.71. The van der Waals surface area contributed by atoms with Crippen LogP contribution < -0.4 is 0 Å². The molecule has 3 heteroatoms. The van der Waals surface area contributed by atoms with E-state index in [-0.39, 0.29) is 17.3 Å². The third kappa shape index (κ3) is 2.00. The minimum absolute atomic E-state index is 0.0216. The van der Waals surface area contributed by atoms with Gasteiger partial charge in [-0.3, -0.25) is 4.79 Å². The summed E-state index contributed by atoms with van der Waals surface area (Å²) in [6.45, 7) is 6.26. The molecule has 0 radical (unpaired) electrons. The Morgan fingerprint density at radius 3 is 2.38 bits per heavy atom. The van der Waals surface area contributed by atoms with Gasteiger partial charge in [0.25, 0.3) is 0 Å². The molecule has 4 fully saturated rings. The van der Waals surface area contributed by atoms with Crippen molar-refractivity contribution in [3.05, 3.63) is 0 Å². The molecule has 4 aliphatic carbocycles. The first-order chi connectivity index (χ1) is 11.2. The number of hydrogen-bond acceptors (Lipinski definition) is 3. The second-order valence-electron chi connectivity index (χ2n) is 10.00. The van der Waals surface area contributed by atoms with E-state index in [1.165, 1.54) is 12.8 Å². The topological polar surface area (TPSA) is 57.5 Å². The van der Waals surface area contributed by atoms with E-state index in [1.54, 1.807) is 6.92 Å². The Morgan fingerprint density at radius 2 is 1.67 bits per heavy atom. The molecule has 4 aliphatic rings. The van der Waals surface area contributed by atoms with Crippen molar-refractivity contribution >= 4 is 5.78 Å². The number of carbonyl (C=O) groups excluding carboxylic acids is 1. The number of rotatable bonds is 1. The van der Waals surface area contributed by atoms with E-state index in [4.69, 9.17) is 0 Å². The Morgan fingerprint density at radius 1 is 0.958 bits per heavy atom. The van der Waals surface area contributed by atoms with E-state index in [9.17, 15) is 15.0 Å². The highest BCUT2D eigenvalue weighted by molar-refractivity contribution is 5.86. The Labute approximate surface area is 146 Å². The molecule has 136 valence electrons. The zero-order chi connectivity index (χ0) is 17.3. The van der Waals surface area contributed by atoms with Crippen molar-refractivity contribution in [2.45, 2.75) is 90.3 Å². The van der Waals surface area contributed by atoms with E-state index in [2.05, 4.69) is 13.8 Å². The molecule has 24 heavy (non-hydrogen) atoms. The molecule has 0 saturated heterocycles. The standard InChI is InChI=1S/C21H34O3/c1-13(22)21(24)11-8-18-16-5-4-14-12-15(23)6-9-19(14,2)17(16)7-10-20(18,21)3/h14-18,23-24H,4-12H2,1-3H3/t14?,15-,16?,17?,18?,19-,20-,21-/m0/s1. The van der Waals surface area contributed by atoms with Crippen molar-refractivity contribution in [1.82, 2.24) is 0 Å². The van der Waals surface area contributed by atoms with Crippen molar-refractivity contribution in [3.8, 4) is 0 Å². The Kier molecular flexibility index (Phi) is 3.76. The first kappa shape index (κ1) is 17.0. The summed E-state index contributed by atoms with van der Waals surface area (Å²) < 4.78 is 0. The smallest absolute Gasteiger partial charge is 0.161 e. The van der Waals surface area contributed by atoms with Gasteiger partial charge in [0.05, 0.1) is 6.10 Å². The third-order valence-electron chi connectivity index (χ3n) is 9.37. The van der Waals surface area contributed by atoms with Crippen LogP contribution in [0.15, 0.2) is 0 Å². The quantitative estimate of drug-likeness (QED) is 0.768. The summed E-state index contributed by atoms with van der Waals surface area (Å²) in [6.07, 6.45) is 9.25. The maximum absolute atomic E-state index is 12.2. The molecule has 0 aromatic heterocycles. The van der Waals surface area contributed by atoms with Crippen molar-refractivity contribution in [2.24, 2.45) is 34.5 Å². The van der Waals surface area contributed by atoms with E-state index in [0.717, 1.165) is 44.4 Å². The van der Waals surface area contributed by atoms with Gasteiger partial charge in [0, 0.05) is 5.41 Å². The lowest BCUT2D eigenvalue weighted by Crippen LogP contribution is -2.58. The minimum atomic E-state index is -1.09. The van der Waals surface area contributed by atoms with Crippen LogP contribution in [-0.2, 0) is 4.79 Å². The van der Waals surface area contributed by atoms with Gasteiger partial charge < -0.3 is 10.2 Å². The van der Waals surface area contributed by atoms with E-state index < -0.39 is 5.60 Å². The minimum Gasteiger partial charge on any atom is -0.393 e. The average Bonchev–Trinajstić information content (AvgIpc) is 2.81. The fraction of sp³-hybridized carbons (Fsp3) is 0.952. The third-order valence-corrected chi connectivity index (χ3v) is 9.37. The second-order valence-corrected chi connectivity index (χ2v) is 10.00. The summed E-state index contributed by atoms with van der Waals surface area (Å²) >= 11 is 0. The second kappa shape index (κ2) is 5.30. The number of hydrogen-bond donors (Lipinski definition) is 2. The van der Waals surface area contributed by atoms with Gasteiger partial charge in [0.1, 0.15) is 5.60 Å². The first-order valence-corrected chi connectivity index (χ1v) is 10.1. The van der Waals surface area contributed by atoms with Crippen LogP contribution in [0.3, 0.4) is 0 Å².